The Morgan fingerprint density at radius 2 is 1.76 bits per heavy atom. The number of carbonyl (C=O) groups is 1. The number of unbranched alkanes of at least 4 members (excludes halogenated alkanes) is 6. The van der Waals surface area contributed by atoms with Gasteiger partial charge >= 0.3 is 5.97 Å². The molecular weight excluding hydrogens is 240 g/mol. The van der Waals surface area contributed by atoms with Crippen LogP contribution in [0.1, 0.15) is 58.3 Å². The van der Waals surface area contributed by atoms with Crippen LogP contribution in [0, 0.1) is 0 Å². The van der Waals surface area contributed by atoms with Gasteiger partial charge in [-0.25, -0.2) is 0 Å². The highest BCUT2D eigenvalue weighted by Gasteiger charge is 2.07. The molecule has 102 valence electrons. The Labute approximate surface area is 109 Å². The van der Waals surface area contributed by atoms with E-state index >= 15 is 0 Å². The SMILES string of the molecule is CCCCCCCCCC(=O)OCC(Cl)CO. The van der Waals surface area contributed by atoms with Gasteiger partial charge in [-0.3, -0.25) is 4.79 Å². The van der Waals surface area contributed by atoms with Gasteiger partial charge in [0.2, 0.25) is 0 Å². The molecule has 1 unspecified atom stereocenters. The predicted octanol–water partition coefficient (Wildman–Crippen LogP) is 3.27. The Morgan fingerprint density at radius 1 is 1.18 bits per heavy atom. The van der Waals surface area contributed by atoms with Gasteiger partial charge < -0.3 is 9.84 Å². The molecule has 4 heteroatoms. The van der Waals surface area contributed by atoms with Gasteiger partial charge in [0.15, 0.2) is 0 Å². The number of aliphatic hydroxyl groups excluding tert-OH is 1. The molecule has 0 bridgehead atoms. The highest BCUT2D eigenvalue weighted by Crippen LogP contribution is 2.09. The highest BCUT2D eigenvalue weighted by atomic mass is 35.5. The van der Waals surface area contributed by atoms with Crippen molar-refractivity contribution in [2.75, 3.05) is 13.2 Å². The second-order valence-corrected chi connectivity index (χ2v) is 4.95. The zero-order valence-electron chi connectivity index (χ0n) is 10.8. The molecule has 17 heavy (non-hydrogen) atoms. The van der Waals surface area contributed by atoms with Crippen molar-refractivity contribution < 1.29 is 14.6 Å². The van der Waals surface area contributed by atoms with Crippen molar-refractivity contribution in [1.82, 2.24) is 0 Å². The molecule has 0 aliphatic carbocycles. The van der Waals surface area contributed by atoms with Crippen molar-refractivity contribution >= 4 is 17.6 Å². The number of halogens is 1. The molecule has 0 heterocycles. The molecule has 3 nitrogen and oxygen atoms in total. The first-order chi connectivity index (χ1) is 8.20. The van der Waals surface area contributed by atoms with Crippen LogP contribution >= 0.6 is 11.6 Å². The molecule has 0 aromatic carbocycles. The van der Waals surface area contributed by atoms with Crippen LogP contribution in [0.2, 0.25) is 0 Å². The summed E-state index contributed by atoms with van der Waals surface area (Å²) in [7, 11) is 0. The van der Waals surface area contributed by atoms with E-state index in [1.165, 1.54) is 32.1 Å². The van der Waals surface area contributed by atoms with Crippen molar-refractivity contribution in [2.45, 2.75) is 63.7 Å². The van der Waals surface area contributed by atoms with Gasteiger partial charge in [-0.2, -0.15) is 0 Å². The maximum Gasteiger partial charge on any atom is 0.305 e. The summed E-state index contributed by atoms with van der Waals surface area (Å²) in [6.45, 7) is 2.15. The number of hydrogen-bond donors (Lipinski definition) is 1. The third-order valence-corrected chi connectivity index (χ3v) is 2.87. The number of rotatable bonds is 11. The fourth-order valence-corrected chi connectivity index (χ4v) is 1.60. The summed E-state index contributed by atoms with van der Waals surface area (Å²) in [5.74, 6) is -0.211. The molecule has 0 amide bonds. The molecule has 1 atom stereocenters. The number of ether oxygens (including phenoxy) is 1. The van der Waals surface area contributed by atoms with Crippen molar-refractivity contribution in [3.05, 3.63) is 0 Å². The number of aliphatic hydroxyl groups is 1. The summed E-state index contributed by atoms with van der Waals surface area (Å²) >= 11 is 5.61. The predicted molar refractivity (Wildman–Crippen MR) is 70.3 cm³/mol. The van der Waals surface area contributed by atoms with Crippen molar-refractivity contribution in [2.24, 2.45) is 0 Å². The van der Waals surface area contributed by atoms with E-state index in [9.17, 15) is 4.79 Å². The van der Waals surface area contributed by atoms with Gasteiger partial charge in [0.05, 0.1) is 12.0 Å². The molecule has 0 spiro atoms. The van der Waals surface area contributed by atoms with Crippen LogP contribution in [0.3, 0.4) is 0 Å². The monoisotopic (exact) mass is 264 g/mol. The van der Waals surface area contributed by atoms with Gasteiger partial charge in [-0.05, 0) is 6.42 Å². The number of carbonyl (C=O) groups excluding carboxylic acids is 1. The summed E-state index contributed by atoms with van der Waals surface area (Å²) in [5, 5.41) is 8.16. The molecule has 0 saturated heterocycles. The van der Waals surface area contributed by atoms with Crippen LogP contribution in [0.4, 0.5) is 0 Å². The number of hydrogen-bond acceptors (Lipinski definition) is 3. The molecule has 0 saturated carbocycles. The van der Waals surface area contributed by atoms with E-state index in [1.807, 2.05) is 0 Å². The summed E-state index contributed by atoms with van der Waals surface area (Å²) < 4.78 is 4.91. The van der Waals surface area contributed by atoms with Gasteiger partial charge in [0.1, 0.15) is 6.61 Å². The minimum absolute atomic E-state index is 0.105. The fourth-order valence-electron chi connectivity index (χ4n) is 1.53. The lowest BCUT2D eigenvalue weighted by Gasteiger charge is -2.07. The zero-order chi connectivity index (χ0) is 12.9. The first-order valence-corrected chi connectivity index (χ1v) is 7.04. The Morgan fingerprint density at radius 3 is 2.35 bits per heavy atom. The maximum absolute atomic E-state index is 11.2. The molecular formula is C13H25ClO3. The van der Waals surface area contributed by atoms with E-state index in [2.05, 4.69) is 6.92 Å². The average molecular weight is 265 g/mol. The Hall–Kier alpha value is -0.280. The molecule has 0 radical (unpaired) electrons. The topological polar surface area (TPSA) is 46.5 Å². The molecule has 0 fully saturated rings. The second kappa shape index (κ2) is 12.2. The lowest BCUT2D eigenvalue weighted by Crippen LogP contribution is -2.16. The average Bonchev–Trinajstić information content (AvgIpc) is 2.34. The second-order valence-electron chi connectivity index (χ2n) is 4.33. The zero-order valence-corrected chi connectivity index (χ0v) is 11.5. The Bertz CT molecular complexity index is 186. The molecule has 0 rings (SSSR count). The van der Waals surface area contributed by atoms with E-state index in [0.717, 1.165) is 12.8 Å². The first-order valence-electron chi connectivity index (χ1n) is 6.61. The molecule has 0 aromatic heterocycles. The highest BCUT2D eigenvalue weighted by molar-refractivity contribution is 6.20. The normalized spacial score (nSPS) is 12.4. The summed E-state index contributed by atoms with van der Waals surface area (Å²) in [5.41, 5.74) is 0. The van der Waals surface area contributed by atoms with E-state index in [4.69, 9.17) is 21.4 Å². The smallest absolute Gasteiger partial charge is 0.305 e. The van der Waals surface area contributed by atoms with Crippen molar-refractivity contribution in [1.29, 1.82) is 0 Å². The third-order valence-electron chi connectivity index (χ3n) is 2.61. The summed E-state index contributed by atoms with van der Waals surface area (Å²) in [6, 6.07) is 0. The van der Waals surface area contributed by atoms with Crippen LogP contribution in [0.15, 0.2) is 0 Å². The van der Waals surface area contributed by atoms with Crippen LogP contribution in [-0.4, -0.2) is 29.7 Å². The van der Waals surface area contributed by atoms with Crippen molar-refractivity contribution in [3.8, 4) is 0 Å². The van der Waals surface area contributed by atoms with Gasteiger partial charge in [-0.1, -0.05) is 45.4 Å². The lowest BCUT2D eigenvalue weighted by atomic mass is 10.1. The quantitative estimate of drug-likeness (QED) is 0.354. The molecule has 0 aliphatic rings. The molecule has 0 aliphatic heterocycles. The van der Waals surface area contributed by atoms with E-state index in [-0.39, 0.29) is 19.2 Å². The summed E-state index contributed by atoms with van der Waals surface area (Å²) in [4.78, 5) is 11.2. The largest absolute Gasteiger partial charge is 0.464 e. The van der Waals surface area contributed by atoms with Crippen LogP contribution in [0.25, 0.3) is 0 Å². The number of alkyl halides is 1. The Balaban J connectivity index is 3.22. The third kappa shape index (κ3) is 12.0. The minimum atomic E-state index is -0.479. The first kappa shape index (κ1) is 16.7. The standard InChI is InChI=1S/C13H25ClO3/c1-2-3-4-5-6-7-8-9-13(16)17-11-12(14)10-15/h12,15H,2-11H2,1H3. The number of esters is 1. The minimum Gasteiger partial charge on any atom is -0.464 e. The van der Waals surface area contributed by atoms with Gasteiger partial charge in [0.25, 0.3) is 0 Å². The van der Waals surface area contributed by atoms with E-state index < -0.39 is 5.38 Å². The molecule has 1 N–H and O–H groups in total. The fraction of sp³-hybridized carbons (Fsp3) is 0.923. The van der Waals surface area contributed by atoms with Crippen LogP contribution < -0.4 is 0 Å². The summed E-state index contributed by atoms with van der Waals surface area (Å²) in [6.07, 6.45) is 8.75. The molecule has 0 aromatic rings. The lowest BCUT2D eigenvalue weighted by molar-refractivity contribution is -0.143. The van der Waals surface area contributed by atoms with Crippen LogP contribution in [0.5, 0.6) is 0 Å². The maximum atomic E-state index is 11.2. The van der Waals surface area contributed by atoms with E-state index in [0.29, 0.717) is 6.42 Å². The van der Waals surface area contributed by atoms with E-state index in [1.54, 1.807) is 0 Å². The van der Waals surface area contributed by atoms with Gasteiger partial charge in [-0.15, -0.1) is 11.6 Å². The van der Waals surface area contributed by atoms with Crippen LogP contribution in [-0.2, 0) is 9.53 Å². The van der Waals surface area contributed by atoms with Gasteiger partial charge in [0, 0.05) is 6.42 Å². The Kier molecular flexibility index (Phi) is 12.0. The van der Waals surface area contributed by atoms with Crippen molar-refractivity contribution in [3.63, 3.8) is 0 Å².